The van der Waals surface area contributed by atoms with Gasteiger partial charge in [0.2, 0.25) is 6.04 Å². The summed E-state index contributed by atoms with van der Waals surface area (Å²) in [6.07, 6.45) is 0. The fourth-order valence-electron chi connectivity index (χ4n) is 1.48. The SMILES string of the molecule is [C-]#[N+]C(C)c1cc(OCC)c(OCC)cc1Br. The maximum atomic E-state index is 7.08. The van der Waals surface area contributed by atoms with Crippen molar-refractivity contribution in [3.05, 3.63) is 33.6 Å². The predicted octanol–water partition coefficient (Wildman–Crippen LogP) is 4.23. The number of rotatable bonds is 5. The van der Waals surface area contributed by atoms with E-state index in [1.165, 1.54) is 0 Å². The van der Waals surface area contributed by atoms with E-state index in [-0.39, 0.29) is 6.04 Å². The van der Waals surface area contributed by atoms with Crippen LogP contribution < -0.4 is 9.47 Å². The molecule has 0 radical (unpaired) electrons. The monoisotopic (exact) mass is 297 g/mol. The van der Waals surface area contributed by atoms with Gasteiger partial charge in [0.15, 0.2) is 11.5 Å². The standard InChI is InChI=1S/C13H16BrNO2/c1-5-16-12-7-10(9(3)15-4)11(14)8-13(12)17-6-2/h7-9H,5-6H2,1-3H3. The van der Waals surface area contributed by atoms with Crippen LogP contribution in [0.5, 0.6) is 11.5 Å². The molecule has 0 fully saturated rings. The zero-order valence-electron chi connectivity index (χ0n) is 10.3. The van der Waals surface area contributed by atoms with Crippen LogP contribution in [0.2, 0.25) is 0 Å². The topological polar surface area (TPSA) is 22.8 Å². The van der Waals surface area contributed by atoms with Gasteiger partial charge in [-0.15, -0.1) is 0 Å². The Bertz CT molecular complexity index is 426. The number of hydrogen-bond donors (Lipinski definition) is 0. The lowest BCUT2D eigenvalue weighted by atomic mass is 10.1. The Morgan fingerprint density at radius 1 is 1.24 bits per heavy atom. The van der Waals surface area contributed by atoms with Crippen LogP contribution >= 0.6 is 15.9 Å². The van der Waals surface area contributed by atoms with Crippen molar-refractivity contribution in [2.45, 2.75) is 26.8 Å². The molecule has 0 spiro atoms. The van der Waals surface area contributed by atoms with E-state index in [0.717, 1.165) is 10.0 Å². The van der Waals surface area contributed by atoms with E-state index in [4.69, 9.17) is 16.0 Å². The third-order valence-electron chi connectivity index (χ3n) is 2.31. The highest BCUT2D eigenvalue weighted by molar-refractivity contribution is 9.10. The number of halogens is 1. The van der Waals surface area contributed by atoms with Crippen LogP contribution in [0.4, 0.5) is 0 Å². The highest BCUT2D eigenvalue weighted by Gasteiger charge is 2.17. The summed E-state index contributed by atoms with van der Waals surface area (Å²) in [6, 6.07) is 3.55. The van der Waals surface area contributed by atoms with Gasteiger partial charge in [0.25, 0.3) is 0 Å². The normalized spacial score (nSPS) is 11.7. The van der Waals surface area contributed by atoms with Crippen LogP contribution in [0.3, 0.4) is 0 Å². The molecule has 1 unspecified atom stereocenters. The zero-order chi connectivity index (χ0) is 12.8. The Morgan fingerprint density at radius 2 is 1.76 bits per heavy atom. The van der Waals surface area contributed by atoms with Gasteiger partial charge in [-0.2, -0.15) is 0 Å². The fourth-order valence-corrected chi connectivity index (χ4v) is 2.13. The number of hydrogen-bond acceptors (Lipinski definition) is 2. The molecule has 0 aliphatic carbocycles. The maximum absolute atomic E-state index is 7.08. The van der Waals surface area contributed by atoms with E-state index >= 15 is 0 Å². The molecule has 0 N–H and O–H groups in total. The molecule has 0 amide bonds. The first-order chi connectivity index (χ1) is 8.13. The van der Waals surface area contributed by atoms with E-state index in [2.05, 4.69) is 20.8 Å². The van der Waals surface area contributed by atoms with Crippen molar-refractivity contribution in [2.75, 3.05) is 13.2 Å². The highest BCUT2D eigenvalue weighted by Crippen LogP contribution is 2.37. The molecule has 0 bridgehead atoms. The van der Waals surface area contributed by atoms with Gasteiger partial charge in [0.05, 0.1) is 18.8 Å². The summed E-state index contributed by atoms with van der Waals surface area (Å²) in [5.74, 6) is 1.41. The van der Waals surface area contributed by atoms with Crippen molar-refractivity contribution in [3.8, 4) is 11.5 Å². The summed E-state index contributed by atoms with van der Waals surface area (Å²) in [5, 5.41) is 0. The summed E-state index contributed by atoms with van der Waals surface area (Å²) >= 11 is 3.46. The van der Waals surface area contributed by atoms with E-state index in [0.29, 0.717) is 24.7 Å². The van der Waals surface area contributed by atoms with Gasteiger partial charge in [-0.3, -0.25) is 0 Å². The van der Waals surface area contributed by atoms with Crippen molar-refractivity contribution >= 4 is 15.9 Å². The first-order valence-corrected chi connectivity index (χ1v) is 6.38. The van der Waals surface area contributed by atoms with Crippen LogP contribution in [0.15, 0.2) is 16.6 Å². The lowest BCUT2D eigenvalue weighted by molar-refractivity contribution is 0.287. The second kappa shape index (κ2) is 6.51. The lowest BCUT2D eigenvalue weighted by Gasteiger charge is -2.13. The zero-order valence-corrected chi connectivity index (χ0v) is 11.9. The molecule has 4 heteroatoms. The van der Waals surface area contributed by atoms with E-state index < -0.39 is 0 Å². The molecule has 0 aliphatic heterocycles. The van der Waals surface area contributed by atoms with Crippen molar-refractivity contribution in [1.29, 1.82) is 0 Å². The lowest BCUT2D eigenvalue weighted by Crippen LogP contribution is -2.00. The minimum Gasteiger partial charge on any atom is -0.490 e. The van der Waals surface area contributed by atoms with Gasteiger partial charge in [-0.1, -0.05) is 15.9 Å². The summed E-state index contributed by atoms with van der Waals surface area (Å²) in [4.78, 5) is 3.52. The van der Waals surface area contributed by atoms with E-state index in [9.17, 15) is 0 Å². The quantitative estimate of drug-likeness (QED) is 0.759. The molecule has 0 saturated carbocycles. The largest absolute Gasteiger partial charge is 0.490 e. The van der Waals surface area contributed by atoms with Crippen LogP contribution in [0, 0.1) is 6.57 Å². The van der Waals surface area contributed by atoms with Gasteiger partial charge in [0.1, 0.15) is 0 Å². The molecule has 0 aliphatic rings. The average Bonchev–Trinajstić information content (AvgIpc) is 2.32. The summed E-state index contributed by atoms with van der Waals surface area (Å²) < 4.78 is 11.9. The number of ether oxygens (including phenoxy) is 2. The van der Waals surface area contributed by atoms with Crippen molar-refractivity contribution in [1.82, 2.24) is 0 Å². The Morgan fingerprint density at radius 3 is 2.24 bits per heavy atom. The molecule has 1 rings (SSSR count). The van der Waals surface area contributed by atoms with Crippen LogP contribution in [0.1, 0.15) is 32.4 Å². The van der Waals surface area contributed by atoms with Crippen molar-refractivity contribution in [2.24, 2.45) is 0 Å². The summed E-state index contributed by atoms with van der Waals surface area (Å²) in [5.41, 5.74) is 0.923. The Labute approximate surface area is 111 Å². The molecule has 92 valence electrons. The third-order valence-corrected chi connectivity index (χ3v) is 2.99. The van der Waals surface area contributed by atoms with Crippen LogP contribution in [-0.2, 0) is 0 Å². The number of benzene rings is 1. The second-order valence-corrected chi connectivity index (χ2v) is 4.35. The third kappa shape index (κ3) is 3.37. The van der Waals surface area contributed by atoms with Gasteiger partial charge < -0.3 is 14.3 Å². The highest BCUT2D eigenvalue weighted by atomic mass is 79.9. The smallest absolute Gasteiger partial charge is 0.247 e. The molecular formula is C13H16BrNO2. The first kappa shape index (κ1) is 13.9. The van der Waals surface area contributed by atoms with E-state index in [1.54, 1.807) is 0 Å². The van der Waals surface area contributed by atoms with Crippen molar-refractivity contribution < 1.29 is 9.47 Å². The molecule has 3 nitrogen and oxygen atoms in total. The molecule has 0 saturated heterocycles. The fraction of sp³-hybridized carbons (Fsp3) is 0.462. The predicted molar refractivity (Wildman–Crippen MR) is 71.5 cm³/mol. The second-order valence-electron chi connectivity index (χ2n) is 3.49. The van der Waals surface area contributed by atoms with Gasteiger partial charge >= 0.3 is 0 Å². The molecule has 1 atom stereocenters. The van der Waals surface area contributed by atoms with E-state index in [1.807, 2.05) is 32.9 Å². The number of nitrogens with zero attached hydrogens (tertiary/aromatic N) is 1. The minimum atomic E-state index is -0.195. The van der Waals surface area contributed by atoms with Crippen LogP contribution in [0.25, 0.3) is 4.85 Å². The molecule has 17 heavy (non-hydrogen) atoms. The minimum absolute atomic E-state index is 0.195. The van der Waals surface area contributed by atoms with Gasteiger partial charge in [-0.05, 0) is 26.0 Å². The Hall–Kier alpha value is -1.21. The van der Waals surface area contributed by atoms with Gasteiger partial charge in [0, 0.05) is 11.4 Å². The van der Waals surface area contributed by atoms with Crippen LogP contribution in [-0.4, -0.2) is 13.2 Å². The molecule has 1 aromatic carbocycles. The summed E-state index contributed by atoms with van der Waals surface area (Å²) in [6.45, 7) is 14.0. The van der Waals surface area contributed by atoms with Gasteiger partial charge in [-0.25, -0.2) is 6.57 Å². The van der Waals surface area contributed by atoms with Crippen molar-refractivity contribution in [3.63, 3.8) is 0 Å². The molecular weight excluding hydrogens is 282 g/mol. The maximum Gasteiger partial charge on any atom is 0.247 e. The molecule has 1 aromatic rings. The summed E-state index contributed by atoms with van der Waals surface area (Å²) in [7, 11) is 0. The Kier molecular flexibility index (Phi) is 5.30. The molecule has 0 aromatic heterocycles. The Balaban J connectivity index is 3.19. The molecule has 0 heterocycles. The first-order valence-electron chi connectivity index (χ1n) is 5.59. The average molecular weight is 298 g/mol.